The number of rotatable bonds is 5. The monoisotopic (exact) mass is 425 g/mol. The number of sulfonamides is 1. The Balaban J connectivity index is 1.63. The lowest BCUT2D eigenvalue weighted by molar-refractivity contribution is -0.129. The Morgan fingerprint density at radius 2 is 1.97 bits per heavy atom. The second-order valence-electron chi connectivity index (χ2n) is 7.09. The Labute approximate surface area is 173 Å². The van der Waals surface area contributed by atoms with E-state index in [4.69, 9.17) is 5.26 Å². The van der Waals surface area contributed by atoms with Crippen LogP contribution in [0.15, 0.2) is 53.9 Å². The van der Waals surface area contributed by atoms with Crippen molar-refractivity contribution in [1.82, 2.24) is 4.90 Å². The molecule has 1 amide bonds. The largest absolute Gasteiger partial charge is 0.336 e. The molecule has 0 radical (unpaired) electrons. The van der Waals surface area contributed by atoms with Crippen molar-refractivity contribution in [2.75, 3.05) is 17.1 Å². The highest BCUT2D eigenvalue weighted by atomic mass is 32.2. The summed E-state index contributed by atoms with van der Waals surface area (Å²) in [6.07, 6.45) is 1.56. The standard InChI is InChI=1S/C21H19N3O3S2/c1-29(26,27)24(18-7-6-16-4-2-3-5-17(16)11-18)20-8-9-23(21(20)25)13-15-10-19(12-22)28-14-15/h2-7,10-11,14,20H,8-9,13H2,1H3/t20-/m0/s1. The summed E-state index contributed by atoms with van der Waals surface area (Å²) < 4.78 is 26.5. The molecule has 1 aliphatic rings. The number of anilines is 1. The number of likely N-dealkylation sites (tertiary alicyclic amines) is 1. The van der Waals surface area contributed by atoms with Crippen molar-refractivity contribution in [3.63, 3.8) is 0 Å². The van der Waals surface area contributed by atoms with Gasteiger partial charge >= 0.3 is 0 Å². The van der Waals surface area contributed by atoms with Crippen molar-refractivity contribution in [3.05, 3.63) is 64.4 Å². The first-order valence-corrected chi connectivity index (χ1v) is 11.8. The molecule has 0 saturated carbocycles. The highest BCUT2D eigenvalue weighted by Gasteiger charge is 2.40. The van der Waals surface area contributed by atoms with E-state index in [1.165, 1.54) is 15.6 Å². The zero-order valence-electron chi connectivity index (χ0n) is 15.8. The van der Waals surface area contributed by atoms with Crippen LogP contribution in [0.3, 0.4) is 0 Å². The number of amides is 1. The van der Waals surface area contributed by atoms with Crippen molar-refractivity contribution in [3.8, 4) is 6.07 Å². The number of carbonyl (C=O) groups is 1. The lowest BCUT2D eigenvalue weighted by Gasteiger charge is -2.28. The average Bonchev–Trinajstić information content (AvgIpc) is 3.29. The summed E-state index contributed by atoms with van der Waals surface area (Å²) in [6, 6.07) is 16.2. The predicted octanol–water partition coefficient (Wildman–Crippen LogP) is 3.34. The average molecular weight is 426 g/mol. The minimum atomic E-state index is -3.65. The number of carbonyl (C=O) groups excluding carboxylic acids is 1. The van der Waals surface area contributed by atoms with Gasteiger partial charge in [0.1, 0.15) is 17.0 Å². The molecule has 1 aliphatic heterocycles. The fraction of sp³-hybridized carbons (Fsp3) is 0.238. The first-order valence-electron chi connectivity index (χ1n) is 9.11. The van der Waals surface area contributed by atoms with Crippen LogP contribution < -0.4 is 4.31 Å². The fourth-order valence-corrected chi connectivity index (χ4v) is 5.60. The van der Waals surface area contributed by atoms with Crippen LogP contribution in [-0.2, 0) is 21.4 Å². The van der Waals surface area contributed by atoms with Crippen LogP contribution in [0.25, 0.3) is 10.8 Å². The Bertz CT molecular complexity index is 1230. The normalized spacial score (nSPS) is 16.9. The van der Waals surface area contributed by atoms with E-state index in [0.29, 0.717) is 30.1 Å². The van der Waals surface area contributed by atoms with Crippen LogP contribution in [0.4, 0.5) is 5.69 Å². The molecule has 2 aromatic carbocycles. The van der Waals surface area contributed by atoms with Gasteiger partial charge < -0.3 is 4.90 Å². The Kier molecular flexibility index (Phi) is 5.03. The molecular formula is C21H19N3O3S2. The fourth-order valence-electron chi connectivity index (χ4n) is 3.75. The molecule has 1 fully saturated rings. The number of fused-ring (bicyclic) bond motifs is 1. The summed E-state index contributed by atoms with van der Waals surface area (Å²) in [4.78, 5) is 15.3. The maximum absolute atomic E-state index is 13.1. The van der Waals surface area contributed by atoms with Gasteiger partial charge in [-0.25, -0.2) is 8.42 Å². The van der Waals surface area contributed by atoms with Crippen molar-refractivity contribution < 1.29 is 13.2 Å². The SMILES string of the molecule is CS(=O)(=O)N(c1ccc2ccccc2c1)[C@H]1CCN(Cc2csc(C#N)c2)C1=O. The number of benzene rings is 2. The molecule has 0 aliphatic carbocycles. The van der Waals surface area contributed by atoms with E-state index in [1.807, 2.05) is 41.8 Å². The minimum Gasteiger partial charge on any atom is -0.336 e. The van der Waals surface area contributed by atoms with Crippen molar-refractivity contribution >= 4 is 43.7 Å². The van der Waals surface area contributed by atoms with Crippen LogP contribution in [0.2, 0.25) is 0 Å². The molecule has 0 N–H and O–H groups in total. The van der Waals surface area contributed by atoms with Gasteiger partial charge in [-0.05, 0) is 46.3 Å². The van der Waals surface area contributed by atoms with Gasteiger partial charge in [-0.2, -0.15) is 5.26 Å². The summed E-state index contributed by atoms with van der Waals surface area (Å²) in [6.45, 7) is 0.851. The quantitative estimate of drug-likeness (QED) is 0.628. The van der Waals surface area contributed by atoms with Gasteiger partial charge in [0.05, 0.1) is 11.9 Å². The lowest BCUT2D eigenvalue weighted by atomic mass is 10.1. The third-order valence-electron chi connectivity index (χ3n) is 5.03. The molecule has 6 nitrogen and oxygen atoms in total. The summed E-state index contributed by atoms with van der Waals surface area (Å²) >= 11 is 1.34. The molecule has 0 spiro atoms. The Morgan fingerprint density at radius 1 is 1.21 bits per heavy atom. The van der Waals surface area contributed by atoms with E-state index in [9.17, 15) is 13.2 Å². The van der Waals surface area contributed by atoms with Crippen LogP contribution in [0.5, 0.6) is 0 Å². The van der Waals surface area contributed by atoms with E-state index in [1.54, 1.807) is 17.0 Å². The molecule has 1 aromatic heterocycles. The summed E-state index contributed by atoms with van der Waals surface area (Å²) in [5, 5.41) is 12.8. The molecule has 8 heteroatoms. The van der Waals surface area contributed by atoms with E-state index in [0.717, 1.165) is 22.6 Å². The lowest BCUT2D eigenvalue weighted by Crippen LogP contribution is -2.45. The summed E-state index contributed by atoms with van der Waals surface area (Å²) in [7, 11) is -3.65. The number of nitrogens with zero attached hydrogens (tertiary/aromatic N) is 3. The van der Waals surface area contributed by atoms with E-state index in [2.05, 4.69) is 6.07 Å². The summed E-state index contributed by atoms with van der Waals surface area (Å²) in [5.41, 5.74) is 1.38. The first-order chi connectivity index (χ1) is 13.9. The molecule has 148 valence electrons. The molecule has 0 bridgehead atoms. The highest BCUT2D eigenvalue weighted by molar-refractivity contribution is 7.92. The zero-order chi connectivity index (χ0) is 20.6. The smallest absolute Gasteiger partial charge is 0.246 e. The topological polar surface area (TPSA) is 81.5 Å². The molecule has 1 atom stereocenters. The van der Waals surface area contributed by atoms with Crippen molar-refractivity contribution in [2.45, 2.75) is 19.0 Å². The zero-order valence-corrected chi connectivity index (χ0v) is 17.4. The van der Waals surface area contributed by atoms with Gasteiger partial charge in [-0.15, -0.1) is 11.3 Å². The van der Waals surface area contributed by atoms with E-state index < -0.39 is 16.1 Å². The van der Waals surface area contributed by atoms with Gasteiger partial charge in [0.15, 0.2) is 0 Å². The number of hydrogen-bond acceptors (Lipinski definition) is 5. The molecule has 3 aromatic rings. The number of nitriles is 1. The third-order valence-corrected chi connectivity index (χ3v) is 7.10. The Hall–Kier alpha value is -2.89. The third kappa shape index (κ3) is 3.84. The van der Waals surface area contributed by atoms with Gasteiger partial charge in [0.2, 0.25) is 15.9 Å². The second kappa shape index (κ2) is 7.50. The maximum Gasteiger partial charge on any atom is 0.246 e. The van der Waals surface area contributed by atoms with Crippen molar-refractivity contribution in [2.24, 2.45) is 0 Å². The summed E-state index contributed by atoms with van der Waals surface area (Å²) in [5.74, 6) is -0.215. The molecule has 2 heterocycles. The number of thiophene rings is 1. The molecule has 4 rings (SSSR count). The maximum atomic E-state index is 13.1. The molecule has 1 saturated heterocycles. The van der Waals surface area contributed by atoms with Crippen molar-refractivity contribution in [1.29, 1.82) is 5.26 Å². The van der Waals surface area contributed by atoms with Crippen LogP contribution in [-0.4, -0.2) is 38.1 Å². The number of hydrogen-bond donors (Lipinski definition) is 0. The van der Waals surface area contributed by atoms with Gasteiger partial charge in [0, 0.05) is 13.1 Å². The van der Waals surface area contributed by atoms with Crippen LogP contribution >= 0.6 is 11.3 Å². The van der Waals surface area contributed by atoms with Gasteiger partial charge in [0.25, 0.3) is 0 Å². The van der Waals surface area contributed by atoms with Gasteiger partial charge in [-0.1, -0.05) is 30.3 Å². The second-order valence-corrected chi connectivity index (χ2v) is 9.86. The molecular weight excluding hydrogens is 406 g/mol. The first kappa shape index (κ1) is 19.4. The van der Waals surface area contributed by atoms with Gasteiger partial charge in [-0.3, -0.25) is 9.10 Å². The van der Waals surface area contributed by atoms with Crippen LogP contribution in [0.1, 0.15) is 16.9 Å². The molecule has 0 unspecified atom stereocenters. The van der Waals surface area contributed by atoms with E-state index >= 15 is 0 Å². The predicted molar refractivity (Wildman–Crippen MR) is 114 cm³/mol. The van der Waals surface area contributed by atoms with E-state index in [-0.39, 0.29) is 5.91 Å². The molecule has 29 heavy (non-hydrogen) atoms. The minimum absolute atomic E-state index is 0.215. The Morgan fingerprint density at radius 3 is 2.66 bits per heavy atom. The van der Waals surface area contributed by atoms with Crippen LogP contribution in [0, 0.1) is 11.3 Å². The highest BCUT2D eigenvalue weighted by Crippen LogP contribution is 2.30.